The lowest BCUT2D eigenvalue weighted by atomic mass is 9.92. The maximum atomic E-state index is 5.96. The van der Waals surface area contributed by atoms with Gasteiger partial charge in [-0.1, -0.05) is 33.1 Å². The number of unbranched alkanes of at least 4 members (excludes halogenated alkanes) is 1. The van der Waals surface area contributed by atoms with Crippen molar-refractivity contribution in [1.29, 1.82) is 0 Å². The Morgan fingerprint density at radius 3 is 2.84 bits per heavy atom. The molecule has 3 unspecified atom stereocenters. The van der Waals surface area contributed by atoms with E-state index in [1.165, 1.54) is 38.5 Å². The van der Waals surface area contributed by atoms with Crippen molar-refractivity contribution in [2.75, 3.05) is 13.4 Å². The van der Waals surface area contributed by atoms with Crippen LogP contribution in [0.15, 0.2) is 18.2 Å². The van der Waals surface area contributed by atoms with Gasteiger partial charge in [-0.2, -0.15) is 0 Å². The van der Waals surface area contributed by atoms with Crippen LogP contribution in [0.3, 0.4) is 0 Å². The number of hydrogen-bond donors (Lipinski definition) is 0. The number of hydrogen-bond acceptors (Lipinski definition) is 4. The van der Waals surface area contributed by atoms with Crippen LogP contribution >= 0.6 is 0 Å². The lowest BCUT2D eigenvalue weighted by Crippen LogP contribution is -2.12. The molecular weight excluding hydrogens is 316 g/mol. The Morgan fingerprint density at radius 1 is 1.20 bits per heavy atom. The Hall–Kier alpha value is -1.42. The van der Waals surface area contributed by atoms with Gasteiger partial charge < -0.3 is 18.9 Å². The van der Waals surface area contributed by atoms with Crippen molar-refractivity contribution in [3.8, 4) is 17.2 Å². The summed E-state index contributed by atoms with van der Waals surface area (Å²) in [6.07, 6.45) is 8.90. The second kappa shape index (κ2) is 8.31. The Morgan fingerprint density at radius 2 is 2.04 bits per heavy atom. The number of rotatable bonds is 11. The molecule has 1 fully saturated rings. The van der Waals surface area contributed by atoms with E-state index < -0.39 is 0 Å². The van der Waals surface area contributed by atoms with Crippen molar-refractivity contribution >= 4 is 0 Å². The fraction of sp³-hybridized carbons (Fsp3) is 0.714. The highest BCUT2D eigenvalue weighted by Crippen LogP contribution is 2.44. The van der Waals surface area contributed by atoms with E-state index in [9.17, 15) is 0 Å². The molecular formula is C21H32O4. The topological polar surface area (TPSA) is 40.2 Å². The first-order chi connectivity index (χ1) is 12.1. The van der Waals surface area contributed by atoms with E-state index in [-0.39, 0.29) is 5.60 Å². The molecule has 1 aromatic rings. The van der Waals surface area contributed by atoms with Gasteiger partial charge in [0, 0.05) is 6.07 Å². The Labute approximate surface area is 151 Å². The molecule has 2 aliphatic heterocycles. The van der Waals surface area contributed by atoms with Gasteiger partial charge in [0.1, 0.15) is 5.75 Å². The van der Waals surface area contributed by atoms with Crippen LogP contribution in [0.5, 0.6) is 17.2 Å². The van der Waals surface area contributed by atoms with E-state index in [1.54, 1.807) is 0 Å². The predicted octanol–water partition coefficient (Wildman–Crippen LogP) is 5.34. The maximum absolute atomic E-state index is 5.96. The van der Waals surface area contributed by atoms with Gasteiger partial charge in [0.25, 0.3) is 0 Å². The fourth-order valence-electron chi connectivity index (χ4n) is 3.65. The molecule has 4 nitrogen and oxygen atoms in total. The zero-order valence-electron chi connectivity index (χ0n) is 15.9. The van der Waals surface area contributed by atoms with Crippen molar-refractivity contribution in [2.24, 2.45) is 5.92 Å². The van der Waals surface area contributed by atoms with Crippen LogP contribution in [0, 0.1) is 5.92 Å². The minimum absolute atomic E-state index is 0.164. The molecule has 0 aromatic heterocycles. The van der Waals surface area contributed by atoms with Gasteiger partial charge in [-0.15, -0.1) is 0 Å². The quantitative estimate of drug-likeness (QED) is 0.506. The molecule has 1 aromatic carbocycles. The molecule has 0 bridgehead atoms. The van der Waals surface area contributed by atoms with Crippen molar-refractivity contribution in [3.05, 3.63) is 18.2 Å². The molecule has 3 rings (SSSR count). The van der Waals surface area contributed by atoms with Crippen LogP contribution in [0.2, 0.25) is 0 Å². The summed E-state index contributed by atoms with van der Waals surface area (Å²) in [5.74, 6) is 3.14. The molecule has 0 amide bonds. The third-order valence-corrected chi connectivity index (χ3v) is 5.62. The Kier molecular flexibility index (Phi) is 6.10. The summed E-state index contributed by atoms with van der Waals surface area (Å²) in [4.78, 5) is 0. The highest BCUT2D eigenvalue weighted by Gasteiger charge is 2.50. The average molecular weight is 348 g/mol. The SMILES string of the molecule is CCCCC1(C)OC1CCC(CC)CCOc1ccc2c(c1)OCO2. The van der Waals surface area contributed by atoms with Crippen molar-refractivity contribution in [1.82, 2.24) is 0 Å². The van der Waals surface area contributed by atoms with Crippen LogP contribution in [0.25, 0.3) is 0 Å². The molecule has 0 N–H and O–H groups in total. The second-order valence-electron chi connectivity index (χ2n) is 7.53. The van der Waals surface area contributed by atoms with E-state index in [1.807, 2.05) is 18.2 Å². The van der Waals surface area contributed by atoms with Crippen LogP contribution in [0.4, 0.5) is 0 Å². The summed E-state index contributed by atoms with van der Waals surface area (Å²) in [7, 11) is 0. The zero-order valence-corrected chi connectivity index (χ0v) is 15.9. The third kappa shape index (κ3) is 4.81. The molecule has 25 heavy (non-hydrogen) atoms. The molecule has 0 aliphatic carbocycles. The Balaban J connectivity index is 1.35. The number of ether oxygens (including phenoxy) is 4. The largest absolute Gasteiger partial charge is 0.493 e. The summed E-state index contributed by atoms with van der Waals surface area (Å²) < 4.78 is 22.6. The van der Waals surface area contributed by atoms with Crippen LogP contribution < -0.4 is 14.2 Å². The van der Waals surface area contributed by atoms with Crippen LogP contribution in [-0.4, -0.2) is 25.1 Å². The van der Waals surface area contributed by atoms with Gasteiger partial charge >= 0.3 is 0 Å². The standard InChI is InChI=1S/C21H32O4/c1-4-6-12-21(3)20(25-21)10-7-16(5-2)11-13-22-17-8-9-18-19(14-17)24-15-23-18/h8-9,14,16,20H,4-7,10-13,15H2,1-3H3. The summed E-state index contributed by atoms with van der Waals surface area (Å²) in [5.41, 5.74) is 0.164. The lowest BCUT2D eigenvalue weighted by molar-refractivity contribution is 0.173. The summed E-state index contributed by atoms with van der Waals surface area (Å²) in [6, 6.07) is 5.78. The van der Waals surface area contributed by atoms with E-state index in [2.05, 4.69) is 20.8 Å². The third-order valence-electron chi connectivity index (χ3n) is 5.62. The van der Waals surface area contributed by atoms with Gasteiger partial charge in [0.05, 0.1) is 18.3 Å². The lowest BCUT2D eigenvalue weighted by Gasteiger charge is -2.15. The Bertz CT molecular complexity index is 559. The van der Waals surface area contributed by atoms with Crippen molar-refractivity contribution in [3.63, 3.8) is 0 Å². The average Bonchev–Trinajstić information content (AvgIpc) is 3.04. The first-order valence-electron chi connectivity index (χ1n) is 9.85. The molecule has 0 radical (unpaired) electrons. The van der Waals surface area contributed by atoms with E-state index in [4.69, 9.17) is 18.9 Å². The maximum Gasteiger partial charge on any atom is 0.231 e. The molecule has 0 saturated carbocycles. The van der Waals surface area contributed by atoms with E-state index in [0.29, 0.717) is 18.8 Å². The smallest absolute Gasteiger partial charge is 0.231 e. The molecule has 4 heteroatoms. The van der Waals surface area contributed by atoms with E-state index >= 15 is 0 Å². The van der Waals surface area contributed by atoms with Crippen LogP contribution in [-0.2, 0) is 4.74 Å². The summed E-state index contributed by atoms with van der Waals surface area (Å²) >= 11 is 0. The molecule has 0 spiro atoms. The van der Waals surface area contributed by atoms with Gasteiger partial charge in [-0.05, 0) is 50.7 Å². The number of epoxide rings is 1. The first kappa shape index (κ1) is 18.4. The minimum Gasteiger partial charge on any atom is -0.493 e. The zero-order chi connectivity index (χ0) is 17.7. The second-order valence-corrected chi connectivity index (χ2v) is 7.53. The monoisotopic (exact) mass is 348 g/mol. The first-order valence-corrected chi connectivity index (χ1v) is 9.85. The molecule has 3 atom stereocenters. The van der Waals surface area contributed by atoms with Crippen molar-refractivity contribution < 1.29 is 18.9 Å². The van der Waals surface area contributed by atoms with Gasteiger partial charge in [0.2, 0.25) is 6.79 Å². The van der Waals surface area contributed by atoms with Crippen molar-refractivity contribution in [2.45, 2.75) is 77.4 Å². The summed E-state index contributed by atoms with van der Waals surface area (Å²) in [6.45, 7) is 7.84. The number of benzene rings is 1. The predicted molar refractivity (Wildman–Crippen MR) is 98.5 cm³/mol. The van der Waals surface area contributed by atoms with E-state index in [0.717, 1.165) is 30.3 Å². The highest BCUT2D eigenvalue weighted by molar-refractivity contribution is 5.46. The summed E-state index contributed by atoms with van der Waals surface area (Å²) in [5, 5.41) is 0. The molecule has 2 heterocycles. The fourth-order valence-corrected chi connectivity index (χ4v) is 3.65. The van der Waals surface area contributed by atoms with Crippen LogP contribution in [0.1, 0.15) is 65.7 Å². The van der Waals surface area contributed by atoms with Gasteiger partial charge in [-0.3, -0.25) is 0 Å². The molecule has 1 saturated heterocycles. The van der Waals surface area contributed by atoms with Gasteiger partial charge in [0.15, 0.2) is 11.5 Å². The molecule has 140 valence electrons. The van der Waals surface area contributed by atoms with Gasteiger partial charge in [-0.25, -0.2) is 0 Å². The highest BCUT2D eigenvalue weighted by atomic mass is 16.7. The number of fused-ring (bicyclic) bond motifs is 1. The minimum atomic E-state index is 0.164. The molecule has 2 aliphatic rings. The normalized spacial score (nSPS) is 25.0.